The minimum absolute atomic E-state index is 0.0750. The van der Waals surface area contributed by atoms with Crippen LogP contribution in [-0.4, -0.2) is 48.4 Å². The highest BCUT2D eigenvalue weighted by molar-refractivity contribution is 6.00. The summed E-state index contributed by atoms with van der Waals surface area (Å²) in [4.78, 5) is 41.1. The fourth-order valence-corrected chi connectivity index (χ4v) is 4.28. The van der Waals surface area contributed by atoms with Crippen LogP contribution < -0.4 is 20.7 Å². The number of nitrogens with one attached hydrogen (secondary N) is 4. The van der Waals surface area contributed by atoms with Gasteiger partial charge in [-0.25, -0.2) is 0 Å². The van der Waals surface area contributed by atoms with E-state index in [1.54, 1.807) is 19.2 Å². The molecule has 2 fully saturated rings. The fraction of sp³-hybridized carbons (Fsp3) is 0.500. The minimum atomic E-state index is -0.787. The number of aromatic nitrogens is 1. The maximum Gasteiger partial charge on any atom is 0.268 e. The number of benzene rings is 1. The molecule has 0 spiro atoms. The van der Waals surface area contributed by atoms with Gasteiger partial charge in [-0.05, 0) is 55.9 Å². The third-order valence-electron chi connectivity index (χ3n) is 6.35. The molecule has 1 aromatic carbocycles. The maximum atomic E-state index is 13.0. The number of hydrogen-bond donors (Lipinski definition) is 4. The number of aromatic amines is 1. The Labute approximate surface area is 192 Å². The van der Waals surface area contributed by atoms with Crippen molar-refractivity contribution in [1.82, 2.24) is 20.9 Å². The second-order valence-electron chi connectivity index (χ2n) is 8.90. The summed E-state index contributed by atoms with van der Waals surface area (Å²) in [7, 11) is 1.58. The third-order valence-corrected chi connectivity index (χ3v) is 6.35. The minimum Gasteiger partial charge on any atom is -0.497 e. The Balaban J connectivity index is 1.42. The number of ether oxygens (including phenoxy) is 1. The topological polar surface area (TPSA) is 136 Å². The molecule has 4 rings (SSSR count). The molecule has 9 nitrogen and oxygen atoms in total. The third kappa shape index (κ3) is 5.64. The van der Waals surface area contributed by atoms with Gasteiger partial charge in [0.2, 0.25) is 11.8 Å². The summed E-state index contributed by atoms with van der Waals surface area (Å²) >= 11 is 0. The molecule has 3 amide bonds. The van der Waals surface area contributed by atoms with Crippen LogP contribution in [-0.2, 0) is 9.59 Å². The smallest absolute Gasteiger partial charge is 0.268 e. The molecule has 1 aromatic heterocycles. The zero-order valence-corrected chi connectivity index (χ0v) is 18.6. The van der Waals surface area contributed by atoms with Gasteiger partial charge in [0, 0.05) is 23.4 Å². The Kier molecular flexibility index (Phi) is 6.82. The summed E-state index contributed by atoms with van der Waals surface area (Å²) in [6.45, 7) is 0.648. The number of rotatable bonds is 9. The van der Waals surface area contributed by atoms with E-state index in [9.17, 15) is 19.6 Å². The Morgan fingerprint density at radius 3 is 2.73 bits per heavy atom. The molecule has 2 aliphatic rings. The van der Waals surface area contributed by atoms with Crippen molar-refractivity contribution in [3.63, 3.8) is 0 Å². The van der Waals surface area contributed by atoms with Gasteiger partial charge in [-0.3, -0.25) is 14.4 Å². The van der Waals surface area contributed by atoms with Crippen LogP contribution in [0.3, 0.4) is 0 Å². The summed E-state index contributed by atoms with van der Waals surface area (Å²) < 4.78 is 5.23. The molecule has 33 heavy (non-hydrogen) atoms. The first-order chi connectivity index (χ1) is 16.0. The molecule has 1 aliphatic carbocycles. The largest absolute Gasteiger partial charge is 0.497 e. The summed E-state index contributed by atoms with van der Waals surface area (Å²) in [6.07, 6.45) is 4.40. The molecule has 4 N–H and O–H groups in total. The lowest BCUT2D eigenvalue weighted by molar-refractivity contribution is -0.128. The molecule has 9 heteroatoms. The van der Waals surface area contributed by atoms with Crippen molar-refractivity contribution in [3.05, 3.63) is 30.0 Å². The number of methoxy groups -OCH3 is 1. The van der Waals surface area contributed by atoms with Crippen molar-refractivity contribution in [1.29, 1.82) is 5.26 Å². The first-order valence-electron chi connectivity index (χ1n) is 11.4. The van der Waals surface area contributed by atoms with Gasteiger partial charge in [-0.15, -0.1) is 0 Å². The van der Waals surface area contributed by atoms with Gasteiger partial charge in [0.1, 0.15) is 23.5 Å². The number of carbonyl (C=O) groups is 3. The van der Waals surface area contributed by atoms with Crippen LogP contribution in [0, 0.1) is 23.2 Å². The van der Waals surface area contributed by atoms with Gasteiger partial charge in [0.05, 0.1) is 13.2 Å². The number of carbonyl (C=O) groups excluding carboxylic acids is 3. The van der Waals surface area contributed by atoms with Gasteiger partial charge >= 0.3 is 0 Å². The summed E-state index contributed by atoms with van der Waals surface area (Å²) in [6, 6.07) is 7.75. The second-order valence-corrected chi connectivity index (χ2v) is 8.90. The molecule has 0 radical (unpaired) electrons. The quantitative estimate of drug-likeness (QED) is 0.462. The molecular weight excluding hydrogens is 422 g/mol. The lowest BCUT2D eigenvalue weighted by atomic mass is 9.92. The van der Waals surface area contributed by atoms with Crippen LogP contribution in [0.5, 0.6) is 5.75 Å². The highest BCUT2D eigenvalue weighted by Gasteiger charge is 2.33. The Bertz CT molecular complexity index is 1080. The van der Waals surface area contributed by atoms with Crippen molar-refractivity contribution < 1.29 is 19.1 Å². The van der Waals surface area contributed by atoms with Crippen LogP contribution in [0.4, 0.5) is 0 Å². The van der Waals surface area contributed by atoms with Crippen molar-refractivity contribution in [2.75, 3.05) is 13.7 Å². The lowest BCUT2D eigenvalue weighted by Crippen LogP contribution is -2.50. The van der Waals surface area contributed by atoms with Crippen molar-refractivity contribution in [2.24, 2.45) is 11.8 Å². The highest BCUT2D eigenvalue weighted by atomic mass is 16.5. The number of fused-ring (bicyclic) bond motifs is 1. The van der Waals surface area contributed by atoms with Crippen LogP contribution in [0.2, 0.25) is 0 Å². The van der Waals surface area contributed by atoms with Gasteiger partial charge in [0.25, 0.3) is 5.91 Å². The van der Waals surface area contributed by atoms with Crippen LogP contribution in [0.1, 0.15) is 49.0 Å². The predicted octanol–water partition coefficient (Wildman–Crippen LogP) is 2.00. The van der Waals surface area contributed by atoms with E-state index < -0.39 is 18.0 Å². The van der Waals surface area contributed by atoms with Crippen molar-refractivity contribution in [3.8, 4) is 11.8 Å². The van der Waals surface area contributed by atoms with Crippen molar-refractivity contribution >= 4 is 28.6 Å². The first-order valence-corrected chi connectivity index (χ1v) is 11.4. The van der Waals surface area contributed by atoms with E-state index in [4.69, 9.17) is 4.74 Å². The molecular formula is C24H29N5O4. The molecule has 174 valence electrons. The zero-order valence-electron chi connectivity index (χ0n) is 18.6. The number of amides is 3. The predicted molar refractivity (Wildman–Crippen MR) is 121 cm³/mol. The van der Waals surface area contributed by atoms with E-state index >= 15 is 0 Å². The molecule has 0 unspecified atom stereocenters. The first kappa shape index (κ1) is 22.6. The van der Waals surface area contributed by atoms with Crippen LogP contribution in [0.15, 0.2) is 24.3 Å². The number of nitrogens with zero attached hydrogens (tertiary/aromatic N) is 1. The SMILES string of the molecule is COc1ccc2[nH]c(C(=O)N[C@@H](CC3CC3)C(=O)N[C@H](C#N)C[C@@H]3CCCNC3=O)cc2c1. The molecule has 2 aromatic rings. The van der Waals surface area contributed by atoms with Gasteiger partial charge in [0.15, 0.2) is 0 Å². The standard InChI is InChI=1S/C24H29N5O4/c1-33-18-6-7-19-16(11-18)12-21(28-19)24(32)29-20(9-14-4-5-14)23(31)27-17(13-25)10-15-3-2-8-26-22(15)30/h6-7,11-12,14-15,17,20,28H,2-5,8-10H2,1H3,(H,26,30)(H,27,31)(H,29,32)/t15-,17-,20-/m0/s1. The molecule has 3 atom stereocenters. The molecule has 1 aliphatic heterocycles. The average molecular weight is 452 g/mol. The van der Waals surface area contributed by atoms with Gasteiger partial charge < -0.3 is 25.7 Å². The normalized spacial score (nSPS) is 19.8. The number of H-pyrrole nitrogens is 1. The fourth-order valence-electron chi connectivity index (χ4n) is 4.28. The summed E-state index contributed by atoms with van der Waals surface area (Å²) in [5.41, 5.74) is 1.14. The van der Waals surface area contributed by atoms with E-state index in [2.05, 4.69) is 27.0 Å². The number of piperidine rings is 1. The maximum absolute atomic E-state index is 13.0. The molecule has 1 saturated carbocycles. The Morgan fingerprint density at radius 2 is 2.03 bits per heavy atom. The summed E-state index contributed by atoms with van der Waals surface area (Å²) in [5, 5.41) is 18.8. The monoisotopic (exact) mass is 451 g/mol. The average Bonchev–Trinajstić information content (AvgIpc) is 3.53. The Hall–Kier alpha value is -3.54. The van der Waals surface area contributed by atoms with Crippen LogP contribution >= 0.6 is 0 Å². The van der Waals surface area contributed by atoms with E-state index in [1.807, 2.05) is 12.1 Å². The zero-order chi connectivity index (χ0) is 23.4. The van der Waals surface area contributed by atoms with E-state index in [-0.39, 0.29) is 24.2 Å². The van der Waals surface area contributed by atoms with Gasteiger partial charge in [-0.2, -0.15) is 5.26 Å². The second kappa shape index (κ2) is 9.94. The summed E-state index contributed by atoms with van der Waals surface area (Å²) in [5.74, 6) is -0.0641. The Morgan fingerprint density at radius 1 is 1.21 bits per heavy atom. The van der Waals surface area contributed by atoms with Crippen molar-refractivity contribution in [2.45, 2.75) is 50.6 Å². The van der Waals surface area contributed by atoms with E-state index in [1.165, 1.54) is 0 Å². The molecule has 2 heterocycles. The van der Waals surface area contributed by atoms with E-state index in [0.717, 1.165) is 30.2 Å². The number of nitriles is 1. The highest BCUT2D eigenvalue weighted by Crippen LogP contribution is 2.33. The molecule has 0 bridgehead atoms. The molecule has 1 saturated heterocycles. The van der Waals surface area contributed by atoms with Gasteiger partial charge in [-0.1, -0.05) is 12.8 Å². The van der Waals surface area contributed by atoms with Crippen LogP contribution in [0.25, 0.3) is 10.9 Å². The lowest BCUT2D eigenvalue weighted by Gasteiger charge is -2.25. The number of hydrogen-bond acceptors (Lipinski definition) is 5. The van der Waals surface area contributed by atoms with E-state index in [0.29, 0.717) is 36.7 Å².